The van der Waals surface area contributed by atoms with Crippen LogP contribution in [0.1, 0.15) is 20.2 Å². The summed E-state index contributed by atoms with van der Waals surface area (Å²) in [6, 6.07) is 3.22. The van der Waals surface area contributed by atoms with Crippen molar-refractivity contribution in [2.75, 3.05) is 5.32 Å². The molecule has 3 aromatic rings. The Kier molecular flexibility index (Phi) is 3.07. The Morgan fingerprint density at radius 2 is 2.20 bits per heavy atom. The molecule has 3 heterocycles. The molecular weight excluding hydrogens is 346 g/mol. The number of carbonyl (C=O) groups is 2. The van der Waals surface area contributed by atoms with E-state index in [4.69, 9.17) is 5.73 Å². The van der Waals surface area contributed by atoms with Crippen molar-refractivity contribution in [1.29, 1.82) is 0 Å². The molecule has 0 fully saturated rings. The fourth-order valence-electron chi connectivity index (χ4n) is 1.70. The fourth-order valence-corrected chi connectivity index (χ4v) is 3.11. The van der Waals surface area contributed by atoms with Crippen LogP contribution in [0.15, 0.2) is 22.9 Å². The van der Waals surface area contributed by atoms with Crippen molar-refractivity contribution in [3.05, 3.63) is 33.5 Å². The lowest BCUT2D eigenvalue weighted by atomic mass is 10.3. The van der Waals surface area contributed by atoms with E-state index in [1.54, 1.807) is 6.07 Å². The largest absolute Gasteiger partial charge is 0.364 e. The van der Waals surface area contributed by atoms with Crippen LogP contribution < -0.4 is 11.1 Å². The van der Waals surface area contributed by atoms with E-state index in [-0.39, 0.29) is 11.6 Å². The maximum Gasteiger partial charge on any atom is 0.265 e. The monoisotopic (exact) mass is 353 g/mol. The zero-order valence-corrected chi connectivity index (χ0v) is 12.3. The molecule has 0 bridgehead atoms. The van der Waals surface area contributed by atoms with Gasteiger partial charge in [0.05, 0.1) is 10.6 Å². The van der Waals surface area contributed by atoms with Gasteiger partial charge in [-0.15, -0.1) is 11.3 Å². The van der Waals surface area contributed by atoms with E-state index in [0.717, 1.165) is 14.8 Å². The van der Waals surface area contributed by atoms with E-state index in [0.29, 0.717) is 10.6 Å². The maximum absolute atomic E-state index is 12.1. The minimum atomic E-state index is -0.580. The summed E-state index contributed by atoms with van der Waals surface area (Å²) in [7, 11) is 0. The molecule has 0 saturated heterocycles. The summed E-state index contributed by atoms with van der Waals surface area (Å²) in [4.78, 5) is 27.0. The quantitative estimate of drug-likeness (QED) is 0.577. The number of thiophene rings is 1. The van der Waals surface area contributed by atoms with Gasteiger partial charge in [0, 0.05) is 11.6 Å². The number of carbonyl (C=O) groups excluding carboxylic acids is 2. The Labute approximate surface area is 124 Å². The van der Waals surface area contributed by atoms with Gasteiger partial charge in [-0.1, -0.05) is 0 Å². The van der Waals surface area contributed by atoms with Gasteiger partial charge in [-0.05, 0) is 28.1 Å². The number of aromatic nitrogens is 3. The zero-order valence-electron chi connectivity index (χ0n) is 9.86. The highest BCUT2D eigenvalue weighted by Crippen LogP contribution is 2.29. The molecule has 9 heteroatoms. The molecule has 20 heavy (non-hydrogen) atoms. The molecule has 0 aromatic carbocycles. The van der Waals surface area contributed by atoms with E-state index in [2.05, 4.69) is 36.4 Å². The van der Waals surface area contributed by atoms with Crippen molar-refractivity contribution in [3.8, 4) is 0 Å². The highest BCUT2D eigenvalue weighted by Gasteiger charge is 2.15. The standard InChI is InChI=1S/C11H8BrN5O2S/c12-8-5-2-7(20-11(5)17-16-8)10(19)15-4-1-6(9(13)18)14-3-4/h1-3,14H,(H2,13,18)(H,15,19)(H,16,17). The maximum atomic E-state index is 12.1. The lowest BCUT2D eigenvalue weighted by molar-refractivity contribution is 0.0993. The first-order chi connectivity index (χ1) is 9.54. The topological polar surface area (TPSA) is 117 Å². The first-order valence-corrected chi connectivity index (χ1v) is 7.08. The average molecular weight is 354 g/mol. The van der Waals surface area contributed by atoms with Crippen molar-refractivity contribution in [2.45, 2.75) is 0 Å². The highest BCUT2D eigenvalue weighted by molar-refractivity contribution is 9.10. The van der Waals surface area contributed by atoms with Gasteiger partial charge in [-0.3, -0.25) is 14.7 Å². The number of hydrogen-bond acceptors (Lipinski definition) is 4. The molecular formula is C11H8BrN5O2S. The Morgan fingerprint density at radius 3 is 2.85 bits per heavy atom. The van der Waals surface area contributed by atoms with E-state index in [9.17, 15) is 9.59 Å². The Balaban J connectivity index is 1.82. The van der Waals surface area contributed by atoms with Crippen molar-refractivity contribution >= 4 is 55.0 Å². The number of nitrogens with one attached hydrogen (secondary N) is 3. The van der Waals surface area contributed by atoms with Crippen LogP contribution in [0.5, 0.6) is 0 Å². The summed E-state index contributed by atoms with van der Waals surface area (Å²) in [6.45, 7) is 0. The predicted octanol–water partition coefficient (Wildman–Crippen LogP) is 2.07. The molecule has 0 aliphatic rings. The van der Waals surface area contributed by atoms with Crippen molar-refractivity contribution in [3.63, 3.8) is 0 Å². The lowest BCUT2D eigenvalue weighted by Crippen LogP contribution is -2.11. The zero-order chi connectivity index (χ0) is 14.3. The van der Waals surface area contributed by atoms with Crippen molar-refractivity contribution in [2.24, 2.45) is 5.73 Å². The van der Waals surface area contributed by atoms with Crippen LogP contribution in [0, 0.1) is 0 Å². The number of aromatic amines is 2. The Hall–Kier alpha value is -2.13. The SMILES string of the molecule is NC(=O)c1cc(NC(=O)c2cc3c(Br)[nH]nc3s2)c[nH]1. The molecule has 0 unspecified atom stereocenters. The van der Waals surface area contributed by atoms with E-state index < -0.39 is 5.91 Å². The molecule has 0 spiro atoms. The number of rotatable bonds is 3. The minimum absolute atomic E-state index is 0.240. The number of primary amides is 1. The van der Waals surface area contributed by atoms with Gasteiger partial charge in [0.25, 0.3) is 11.8 Å². The normalized spacial score (nSPS) is 10.8. The number of fused-ring (bicyclic) bond motifs is 1. The fraction of sp³-hybridized carbons (Fsp3) is 0. The van der Waals surface area contributed by atoms with Crippen LogP contribution in [0.25, 0.3) is 10.2 Å². The van der Waals surface area contributed by atoms with Crippen LogP contribution in [0.4, 0.5) is 5.69 Å². The third-order valence-corrected chi connectivity index (χ3v) is 4.27. The number of nitrogens with zero attached hydrogens (tertiary/aromatic N) is 1. The van der Waals surface area contributed by atoms with Gasteiger partial charge >= 0.3 is 0 Å². The molecule has 2 amide bonds. The summed E-state index contributed by atoms with van der Waals surface area (Å²) in [5, 5.41) is 10.4. The van der Waals surface area contributed by atoms with Gasteiger partial charge in [-0.2, -0.15) is 5.10 Å². The second-order valence-corrected chi connectivity index (χ2v) is 5.81. The molecule has 0 saturated carbocycles. The van der Waals surface area contributed by atoms with Crippen LogP contribution in [0.2, 0.25) is 0 Å². The molecule has 0 aliphatic carbocycles. The molecule has 5 N–H and O–H groups in total. The van der Waals surface area contributed by atoms with E-state index in [1.165, 1.54) is 23.6 Å². The molecule has 3 rings (SSSR count). The number of hydrogen-bond donors (Lipinski definition) is 4. The molecule has 3 aromatic heterocycles. The first kappa shape index (κ1) is 12.9. The molecule has 102 valence electrons. The first-order valence-electron chi connectivity index (χ1n) is 5.47. The summed E-state index contributed by atoms with van der Waals surface area (Å²) in [5.41, 5.74) is 5.85. The molecule has 0 atom stereocenters. The second-order valence-electron chi connectivity index (χ2n) is 3.99. The average Bonchev–Trinajstić information content (AvgIpc) is 3.07. The van der Waals surface area contributed by atoms with Crippen molar-refractivity contribution < 1.29 is 9.59 Å². The number of H-pyrrole nitrogens is 2. The second kappa shape index (κ2) is 4.76. The van der Waals surface area contributed by atoms with E-state index >= 15 is 0 Å². The van der Waals surface area contributed by atoms with Crippen LogP contribution >= 0.6 is 27.3 Å². The van der Waals surface area contributed by atoms with Gasteiger partial charge in [0.2, 0.25) is 0 Å². The summed E-state index contributed by atoms with van der Waals surface area (Å²) < 4.78 is 0.737. The smallest absolute Gasteiger partial charge is 0.265 e. The number of anilines is 1. The third kappa shape index (κ3) is 2.21. The highest BCUT2D eigenvalue weighted by atomic mass is 79.9. The molecule has 7 nitrogen and oxygen atoms in total. The summed E-state index contributed by atoms with van der Waals surface area (Å²) in [5.74, 6) is -0.848. The van der Waals surface area contributed by atoms with Gasteiger partial charge in [-0.25, -0.2) is 0 Å². The number of amides is 2. The van der Waals surface area contributed by atoms with Crippen molar-refractivity contribution in [1.82, 2.24) is 15.2 Å². The van der Waals surface area contributed by atoms with E-state index in [1.807, 2.05) is 0 Å². The minimum Gasteiger partial charge on any atom is -0.364 e. The number of nitrogens with two attached hydrogens (primary N) is 1. The lowest BCUT2D eigenvalue weighted by Gasteiger charge is -1.98. The van der Waals surface area contributed by atoms with Gasteiger partial charge < -0.3 is 16.0 Å². The number of halogens is 1. The van der Waals surface area contributed by atoms with Crippen LogP contribution in [-0.4, -0.2) is 27.0 Å². The van der Waals surface area contributed by atoms with Crippen LogP contribution in [0.3, 0.4) is 0 Å². The Morgan fingerprint density at radius 1 is 1.40 bits per heavy atom. The summed E-state index contributed by atoms with van der Waals surface area (Å²) >= 11 is 4.59. The van der Waals surface area contributed by atoms with Gasteiger partial charge in [0.15, 0.2) is 0 Å². The Bertz CT molecular complexity index is 818. The van der Waals surface area contributed by atoms with Gasteiger partial charge in [0.1, 0.15) is 15.1 Å². The third-order valence-electron chi connectivity index (χ3n) is 2.63. The summed E-state index contributed by atoms with van der Waals surface area (Å²) in [6.07, 6.45) is 1.51. The molecule has 0 aliphatic heterocycles. The predicted molar refractivity (Wildman–Crippen MR) is 78.9 cm³/mol. The molecule has 0 radical (unpaired) electrons. The van der Waals surface area contributed by atoms with Crippen LogP contribution in [-0.2, 0) is 0 Å².